The molecule has 3 rings (SSSR count). The molecule has 1 heterocycles. The number of hydrogen-bond donors (Lipinski definition) is 5. The monoisotopic (exact) mass is 657 g/mol. The van der Waals surface area contributed by atoms with Gasteiger partial charge in [0.1, 0.15) is 22.7 Å². The molecule has 0 amide bonds. The van der Waals surface area contributed by atoms with E-state index in [9.17, 15) is 19.2 Å². The number of nitrogens with two attached hydrogens (primary N) is 1. The van der Waals surface area contributed by atoms with Crippen LogP contribution in [0, 0.1) is 0 Å². The van der Waals surface area contributed by atoms with Gasteiger partial charge in [-0.1, -0.05) is 70.6 Å². The number of nitrogens with zero attached hydrogens (tertiary/aromatic N) is 2. The Kier molecular flexibility index (Phi) is 18.7. The van der Waals surface area contributed by atoms with Crippen LogP contribution in [0.15, 0.2) is 19.2 Å². The van der Waals surface area contributed by atoms with Crippen molar-refractivity contribution < 1.29 is 0 Å². The maximum absolute atomic E-state index is 12.2. The summed E-state index contributed by atoms with van der Waals surface area (Å²) in [7, 11) is 2.16. The number of anilines is 4. The molecular weight excluding hydrogens is 594 g/mol. The molecule has 47 heavy (non-hydrogen) atoms. The fourth-order valence-corrected chi connectivity index (χ4v) is 6.48. The van der Waals surface area contributed by atoms with Gasteiger partial charge in [-0.3, -0.25) is 19.2 Å². The first-order valence-corrected chi connectivity index (χ1v) is 18.7. The van der Waals surface area contributed by atoms with E-state index in [0.717, 1.165) is 71.2 Å². The highest BCUT2D eigenvalue weighted by molar-refractivity contribution is 5.74. The van der Waals surface area contributed by atoms with E-state index < -0.39 is 21.7 Å². The molecule has 11 nitrogen and oxygen atoms in total. The van der Waals surface area contributed by atoms with Crippen molar-refractivity contribution in [1.29, 1.82) is 0 Å². The lowest BCUT2D eigenvalue weighted by Gasteiger charge is -2.23. The highest BCUT2D eigenvalue weighted by Crippen LogP contribution is 2.17. The number of rotatable bonds is 3. The quantitative estimate of drug-likeness (QED) is 0.304. The van der Waals surface area contributed by atoms with Crippen molar-refractivity contribution in [3.8, 4) is 0 Å². The third kappa shape index (κ3) is 13.7. The Morgan fingerprint density at radius 1 is 0.468 bits per heavy atom. The minimum absolute atomic E-state index is 0.413. The Morgan fingerprint density at radius 2 is 0.787 bits per heavy atom. The Bertz CT molecular complexity index is 1280. The van der Waals surface area contributed by atoms with Crippen LogP contribution in [0.5, 0.6) is 0 Å². The predicted molar refractivity (Wildman–Crippen MR) is 198 cm³/mol. The Hall–Kier alpha value is -2.76. The van der Waals surface area contributed by atoms with E-state index >= 15 is 0 Å². The van der Waals surface area contributed by atoms with Gasteiger partial charge in [-0.05, 0) is 84.8 Å². The van der Waals surface area contributed by atoms with Crippen LogP contribution in [-0.2, 0) is 0 Å². The van der Waals surface area contributed by atoms with E-state index in [-0.39, 0.29) is 0 Å². The highest BCUT2D eigenvalue weighted by atomic mass is 16.2. The molecule has 1 aliphatic rings. The third-order valence-corrected chi connectivity index (χ3v) is 9.44. The van der Waals surface area contributed by atoms with E-state index in [0.29, 0.717) is 55.5 Å². The van der Waals surface area contributed by atoms with Gasteiger partial charge in [-0.15, -0.1) is 0 Å². The third-order valence-electron chi connectivity index (χ3n) is 9.44. The first-order chi connectivity index (χ1) is 22.9. The summed E-state index contributed by atoms with van der Waals surface area (Å²) in [5.41, 5.74) is 5.76. The fourth-order valence-electron chi connectivity index (χ4n) is 6.48. The summed E-state index contributed by atoms with van der Waals surface area (Å²) in [5.74, 6) is 0. The molecule has 0 fully saturated rings. The molecule has 0 saturated heterocycles. The predicted octanol–water partition coefficient (Wildman–Crippen LogP) is 4.06. The van der Waals surface area contributed by atoms with Gasteiger partial charge in [0.25, 0.3) is 21.7 Å². The molecule has 0 saturated carbocycles. The molecule has 0 radical (unpaired) electrons. The average Bonchev–Trinajstić information content (AvgIpc) is 3.08. The van der Waals surface area contributed by atoms with Gasteiger partial charge in [0.15, 0.2) is 0 Å². The van der Waals surface area contributed by atoms with Crippen molar-refractivity contribution in [2.45, 2.75) is 109 Å². The minimum Gasteiger partial charge on any atom is -0.380 e. The van der Waals surface area contributed by atoms with Gasteiger partial charge >= 0.3 is 0 Å². The maximum atomic E-state index is 12.2. The van der Waals surface area contributed by atoms with E-state index in [1.165, 1.54) is 70.6 Å². The van der Waals surface area contributed by atoms with Crippen LogP contribution in [0.1, 0.15) is 109 Å². The number of nitrogens with one attached hydrogen (secondary N) is 4. The summed E-state index contributed by atoms with van der Waals surface area (Å²) in [4.78, 5) is 53.5. The fraction of sp³-hybridized carbons (Fsp3) is 0.778. The largest absolute Gasteiger partial charge is 0.380 e. The van der Waals surface area contributed by atoms with E-state index in [4.69, 9.17) is 5.73 Å². The summed E-state index contributed by atoms with van der Waals surface area (Å²) < 4.78 is 0. The Labute approximate surface area is 281 Å². The van der Waals surface area contributed by atoms with E-state index in [2.05, 4.69) is 38.1 Å². The van der Waals surface area contributed by atoms with Crippen molar-refractivity contribution in [2.75, 3.05) is 93.8 Å². The zero-order valence-electron chi connectivity index (χ0n) is 29.2. The summed E-state index contributed by atoms with van der Waals surface area (Å²) >= 11 is 0. The lowest BCUT2D eigenvalue weighted by molar-refractivity contribution is 0.270. The van der Waals surface area contributed by atoms with Crippen molar-refractivity contribution in [3.05, 3.63) is 40.9 Å². The Balaban J connectivity index is 1.47. The van der Waals surface area contributed by atoms with Gasteiger partial charge in [0, 0.05) is 26.2 Å². The first-order valence-electron chi connectivity index (χ1n) is 18.7. The highest BCUT2D eigenvalue weighted by Gasteiger charge is 2.21. The van der Waals surface area contributed by atoms with Crippen LogP contribution in [-0.4, -0.2) is 82.3 Å². The van der Waals surface area contributed by atoms with Crippen LogP contribution in [0.3, 0.4) is 0 Å². The van der Waals surface area contributed by atoms with Crippen LogP contribution >= 0.6 is 0 Å². The second kappa shape index (κ2) is 22.7. The molecular formula is C36H63N7O4. The van der Waals surface area contributed by atoms with Crippen molar-refractivity contribution in [1.82, 2.24) is 9.80 Å². The van der Waals surface area contributed by atoms with Gasteiger partial charge in [0.05, 0.1) is 0 Å². The molecule has 2 aromatic rings. The van der Waals surface area contributed by atoms with E-state index in [1.807, 2.05) is 0 Å². The summed E-state index contributed by atoms with van der Waals surface area (Å²) in [5, 5.41) is 12.8. The molecule has 6 N–H and O–H groups in total. The average molecular weight is 658 g/mol. The zero-order chi connectivity index (χ0) is 33.7. The molecule has 11 heteroatoms. The van der Waals surface area contributed by atoms with Crippen molar-refractivity contribution in [3.63, 3.8) is 0 Å². The van der Waals surface area contributed by atoms with Crippen molar-refractivity contribution >= 4 is 22.7 Å². The lowest BCUT2D eigenvalue weighted by atomic mass is 10.0. The molecule has 0 spiro atoms. The lowest BCUT2D eigenvalue weighted by Crippen LogP contribution is -2.38. The van der Waals surface area contributed by atoms with Crippen LogP contribution in [0.2, 0.25) is 0 Å². The van der Waals surface area contributed by atoms with Crippen LogP contribution in [0.4, 0.5) is 22.7 Å². The van der Waals surface area contributed by atoms with Crippen LogP contribution < -0.4 is 48.7 Å². The standard InChI is InChI=1S/C36H63N7O4/c1-42-24-14-12-10-8-6-4-2-3-5-7-9-11-13-20-38-29-30(34(45)33(29)44)40-22-17-27-43(26-15-19-37)28-18-23-41-32-31(35(46)36(32)47)39-21-16-25-42/h38-41H,2-28,37H2,1H3. The van der Waals surface area contributed by atoms with Crippen molar-refractivity contribution in [2.24, 2.45) is 5.73 Å². The first kappa shape index (κ1) is 38.7. The summed E-state index contributed by atoms with van der Waals surface area (Å²) in [6.07, 6.45) is 19.8. The molecule has 0 atom stereocenters. The molecule has 2 aromatic carbocycles. The molecule has 0 aromatic heterocycles. The van der Waals surface area contributed by atoms with E-state index in [1.54, 1.807) is 0 Å². The molecule has 0 bridgehead atoms. The molecule has 0 aliphatic carbocycles. The number of hydrogen-bond acceptors (Lipinski definition) is 11. The maximum Gasteiger partial charge on any atom is 0.253 e. The summed E-state index contributed by atoms with van der Waals surface area (Å²) in [6.45, 7) is 7.76. The van der Waals surface area contributed by atoms with Gasteiger partial charge in [0.2, 0.25) is 0 Å². The SMILES string of the molecule is CN1CCCCCCCCCCCCCCCNc2c(c(=O)c2=O)NCCCN(CCCN)CCCNc2c(c(=O)c2=O)NCCC1. The summed E-state index contributed by atoms with van der Waals surface area (Å²) in [6, 6.07) is 0. The zero-order valence-corrected chi connectivity index (χ0v) is 29.2. The second-order valence-corrected chi connectivity index (χ2v) is 13.5. The van der Waals surface area contributed by atoms with Gasteiger partial charge in [-0.25, -0.2) is 0 Å². The minimum atomic E-state index is -0.439. The normalized spacial score (nSPS) is 20.0. The van der Waals surface area contributed by atoms with Gasteiger partial charge in [-0.2, -0.15) is 0 Å². The smallest absolute Gasteiger partial charge is 0.253 e. The second-order valence-electron chi connectivity index (χ2n) is 13.5. The topological polar surface area (TPSA) is 149 Å². The molecule has 1 aliphatic heterocycles. The molecule has 266 valence electrons. The molecule has 0 unspecified atom stereocenters. The number of fused-ring (bicyclic) bond motifs is 2. The van der Waals surface area contributed by atoms with Gasteiger partial charge < -0.3 is 36.8 Å². The Morgan fingerprint density at radius 3 is 1.19 bits per heavy atom. The van der Waals surface area contributed by atoms with Crippen LogP contribution in [0.25, 0.3) is 0 Å².